The zero-order valence-electron chi connectivity index (χ0n) is 11.6. The Kier molecular flexibility index (Phi) is 3.25. The van der Waals surface area contributed by atoms with Crippen molar-refractivity contribution in [1.29, 1.82) is 0 Å². The average molecular weight is 284 g/mol. The van der Waals surface area contributed by atoms with Crippen LogP contribution in [0.1, 0.15) is 28.8 Å². The van der Waals surface area contributed by atoms with E-state index in [-0.39, 0.29) is 0 Å². The number of hydrogen-bond donors (Lipinski definition) is 1. The van der Waals surface area contributed by atoms with Crippen LogP contribution >= 0.6 is 11.3 Å². The van der Waals surface area contributed by atoms with E-state index in [1.807, 2.05) is 11.3 Å². The van der Waals surface area contributed by atoms with E-state index in [0.29, 0.717) is 0 Å². The molecule has 0 unspecified atom stereocenters. The summed E-state index contributed by atoms with van der Waals surface area (Å²) < 4.78 is 0. The third-order valence-corrected chi connectivity index (χ3v) is 5.13. The highest BCUT2D eigenvalue weighted by atomic mass is 32.1. The maximum absolute atomic E-state index is 3.49. The van der Waals surface area contributed by atoms with Crippen molar-refractivity contribution in [3.05, 3.63) is 51.7 Å². The van der Waals surface area contributed by atoms with Gasteiger partial charge in [0.1, 0.15) is 0 Å². The first kappa shape index (κ1) is 12.4. The fraction of sp³-hybridized carbons (Fsp3) is 0.412. The molecule has 0 amide bonds. The lowest BCUT2D eigenvalue weighted by atomic mass is 10.1. The fourth-order valence-electron chi connectivity index (χ4n) is 3.03. The van der Waals surface area contributed by atoms with Crippen molar-refractivity contribution in [3.8, 4) is 0 Å². The molecule has 4 rings (SSSR count). The summed E-state index contributed by atoms with van der Waals surface area (Å²) in [6.45, 7) is 3.28. The predicted molar refractivity (Wildman–Crippen MR) is 85.2 cm³/mol. The lowest BCUT2D eigenvalue weighted by Crippen LogP contribution is -2.24. The molecule has 1 N–H and O–H groups in total. The molecule has 3 heteroatoms. The lowest BCUT2D eigenvalue weighted by Gasteiger charge is -2.21. The Labute approximate surface area is 124 Å². The minimum absolute atomic E-state index is 0.804. The summed E-state index contributed by atoms with van der Waals surface area (Å²) in [5.41, 5.74) is 4.28. The maximum Gasteiger partial charge on any atom is 0.0376 e. The van der Waals surface area contributed by atoms with Crippen LogP contribution in [0.15, 0.2) is 35.7 Å². The summed E-state index contributed by atoms with van der Waals surface area (Å²) in [6, 6.07) is 12.2. The number of benzene rings is 1. The monoisotopic (exact) mass is 284 g/mol. The van der Waals surface area contributed by atoms with Gasteiger partial charge >= 0.3 is 0 Å². The summed E-state index contributed by atoms with van der Waals surface area (Å²) in [5.74, 6) is 0. The Bertz CT molecular complexity index is 587. The van der Waals surface area contributed by atoms with Crippen molar-refractivity contribution in [2.45, 2.75) is 38.4 Å². The first-order valence-electron chi connectivity index (χ1n) is 7.50. The normalized spacial score (nSPS) is 17.2. The van der Waals surface area contributed by atoms with Crippen LogP contribution in [-0.2, 0) is 19.5 Å². The highest BCUT2D eigenvalue weighted by Crippen LogP contribution is 2.31. The Balaban J connectivity index is 1.50. The summed E-state index contributed by atoms with van der Waals surface area (Å²) in [4.78, 5) is 4.12. The minimum Gasteiger partial charge on any atom is -0.384 e. The molecule has 0 saturated heterocycles. The van der Waals surface area contributed by atoms with E-state index < -0.39 is 0 Å². The molecule has 2 aliphatic rings. The summed E-state index contributed by atoms with van der Waals surface area (Å²) in [5, 5.41) is 5.67. The Hall–Kier alpha value is -1.32. The molecule has 20 heavy (non-hydrogen) atoms. The number of fused-ring (bicyclic) bond motifs is 1. The molecule has 0 spiro atoms. The van der Waals surface area contributed by atoms with Gasteiger partial charge in [0.2, 0.25) is 0 Å². The number of hydrogen-bond acceptors (Lipinski definition) is 3. The van der Waals surface area contributed by atoms with Gasteiger partial charge in [-0.15, -0.1) is 11.3 Å². The highest BCUT2D eigenvalue weighted by molar-refractivity contribution is 7.09. The van der Waals surface area contributed by atoms with Crippen molar-refractivity contribution < 1.29 is 0 Å². The van der Waals surface area contributed by atoms with Crippen LogP contribution in [0, 0.1) is 0 Å². The third kappa shape index (κ3) is 2.60. The van der Waals surface area contributed by atoms with Crippen LogP contribution in [0.25, 0.3) is 0 Å². The molecule has 104 valence electrons. The van der Waals surface area contributed by atoms with Gasteiger partial charge in [-0.05, 0) is 47.9 Å². The van der Waals surface area contributed by atoms with Gasteiger partial charge in [0, 0.05) is 36.2 Å². The zero-order chi connectivity index (χ0) is 13.4. The molecule has 0 radical (unpaired) electrons. The Morgan fingerprint density at radius 2 is 2.15 bits per heavy atom. The van der Waals surface area contributed by atoms with E-state index in [1.54, 1.807) is 0 Å². The molecule has 1 saturated carbocycles. The number of rotatable bonds is 5. The number of nitrogens with zero attached hydrogens (tertiary/aromatic N) is 1. The fourth-order valence-corrected chi connectivity index (χ4v) is 3.76. The average Bonchev–Trinajstić information content (AvgIpc) is 2.99. The van der Waals surface area contributed by atoms with Crippen molar-refractivity contribution in [2.24, 2.45) is 0 Å². The van der Waals surface area contributed by atoms with Gasteiger partial charge in [-0.1, -0.05) is 18.2 Å². The van der Waals surface area contributed by atoms with Crippen LogP contribution in [0.2, 0.25) is 0 Å². The zero-order valence-corrected chi connectivity index (χ0v) is 12.5. The van der Waals surface area contributed by atoms with Gasteiger partial charge in [0.25, 0.3) is 0 Å². The van der Waals surface area contributed by atoms with Gasteiger partial charge in [-0.25, -0.2) is 0 Å². The van der Waals surface area contributed by atoms with Crippen LogP contribution in [0.4, 0.5) is 5.69 Å². The van der Waals surface area contributed by atoms with Crippen LogP contribution < -0.4 is 5.32 Å². The molecule has 0 atom stereocenters. The van der Waals surface area contributed by atoms with Gasteiger partial charge in [0.15, 0.2) is 0 Å². The molecular weight excluding hydrogens is 264 g/mol. The van der Waals surface area contributed by atoms with E-state index in [2.05, 4.69) is 45.9 Å². The molecule has 1 aliphatic carbocycles. The molecular formula is C17H20N2S. The highest BCUT2D eigenvalue weighted by Gasteiger charge is 2.29. The first-order chi connectivity index (χ1) is 9.88. The predicted octanol–water partition coefficient (Wildman–Crippen LogP) is 3.88. The summed E-state index contributed by atoms with van der Waals surface area (Å²) in [6.07, 6.45) is 3.92. The topological polar surface area (TPSA) is 15.3 Å². The van der Waals surface area contributed by atoms with Crippen molar-refractivity contribution in [3.63, 3.8) is 0 Å². The second-order valence-corrected chi connectivity index (χ2v) is 6.92. The van der Waals surface area contributed by atoms with E-state index >= 15 is 0 Å². The van der Waals surface area contributed by atoms with Crippen molar-refractivity contribution in [1.82, 2.24) is 4.90 Å². The van der Waals surface area contributed by atoms with Gasteiger partial charge < -0.3 is 5.32 Å². The van der Waals surface area contributed by atoms with Crippen molar-refractivity contribution in [2.75, 3.05) is 11.9 Å². The smallest absolute Gasteiger partial charge is 0.0376 e. The molecule has 1 aromatic carbocycles. The molecule has 0 bridgehead atoms. The minimum atomic E-state index is 0.804. The summed E-state index contributed by atoms with van der Waals surface area (Å²) in [7, 11) is 0. The van der Waals surface area contributed by atoms with E-state index in [0.717, 1.165) is 25.7 Å². The molecule has 2 nitrogen and oxygen atoms in total. The van der Waals surface area contributed by atoms with Crippen LogP contribution in [-0.4, -0.2) is 17.5 Å². The van der Waals surface area contributed by atoms with E-state index in [1.165, 1.54) is 41.0 Å². The van der Waals surface area contributed by atoms with Gasteiger partial charge in [-0.3, -0.25) is 4.90 Å². The molecule has 2 aromatic rings. The maximum atomic E-state index is 3.49. The second-order valence-electron chi connectivity index (χ2n) is 5.88. The number of anilines is 1. The van der Waals surface area contributed by atoms with Crippen molar-refractivity contribution >= 4 is 17.0 Å². The largest absolute Gasteiger partial charge is 0.384 e. The number of thiophene rings is 1. The molecule has 2 heterocycles. The quantitative estimate of drug-likeness (QED) is 0.896. The Morgan fingerprint density at radius 1 is 1.20 bits per heavy atom. The van der Waals surface area contributed by atoms with Crippen LogP contribution in [0.5, 0.6) is 0 Å². The standard InChI is InChI=1S/C17H20N2S/c1-2-16(20-9-1)12-19(15-5-6-15)11-13-3-4-14-7-8-18-17(14)10-13/h1-4,9-10,15,18H,5-8,11-12H2. The van der Waals surface area contributed by atoms with E-state index in [9.17, 15) is 0 Å². The lowest BCUT2D eigenvalue weighted by molar-refractivity contribution is 0.248. The molecule has 1 aliphatic heterocycles. The van der Waals surface area contributed by atoms with Crippen LogP contribution in [0.3, 0.4) is 0 Å². The Morgan fingerprint density at radius 3 is 2.95 bits per heavy atom. The summed E-state index contributed by atoms with van der Waals surface area (Å²) >= 11 is 1.87. The SMILES string of the molecule is c1csc(CN(Cc2ccc3c(c2)NCC3)C2CC2)c1. The van der Waals surface area contributed by atoms with Gasteiger partial charge in [-0.2, -0.15) is 0 Å². The molecule has 1 aromatic heterocycles. The third-order valence-electron chi connectivity index (χ3n) is 4.27. The van der Waals surface area contributed by atoms with E-state index in [4.69, 9.17) is 0 Å². The first-order valence-corrected chi connectivity index (χ1v) is 8.38. The molecule has 1 fully saturated rings. The number of nitrogens with one attached hydrogen (secondary N) is 1. The second kappa shape index (κ2) is 5.23. The van der Waals surface area contributed by atoms with Gasteiger partial charge in [0.05, 0.1) is 0 Å².